The van der Waals surface area contributed by atoms with Crippen LogP contribution in [-0.2, 0) is 0 Å². The molecule has 0 atom stereocenters. The molecule has 0 aliphatic carbocycles. The van der Waals surface area contributed by atoms with Crippen molar-refractivity contribution in [2.45, 2.75) is 0 Å². The number of fused-ring (bicyclic) bond motifs is 3. The van der Waals surface area contributed by atoms with Crippen LogP contribution in [0.3, 0.4) is 0 Å². The lowest BCUT2D eigenvalue weighted by molar-refractivity contribution is 0.669. The Morgan fingerprint density at radius 1 is 0.289 bits per heavy atom. The second-order valence-electron chi connectivity index (χ2n) is 11.1. The Bertz CT molecular complexity index is 2150. The lowest BCUT2D eigenvalue weighted by Crippen LogP contribution is -2.09. The van der Waals surface area contributed by atoms with Gasteiger partial charge in [0.05, 0.1) is 0 Å². The summed E-state index contributed by atoms with van der Waals surface area (Å²) in [4.78, 5) is 4.56. The summed E-state index contributed by atoms with van der Waals surface area (Å²) >= 11 is 0. The highest BCUT2D eigenvalue weighted by atomic mass is 16.3. The van der Waals surface area contributed by atoms with Crippen LogP contribution < -0.4 is 9.80 Å². The van der Waals surface area contributed by atoms with Crippen molar-refractivity contribution in [1.82, 2.24) is 0 Å². The largest absolute Gasteiger partial charge is 0.456 e. The minimum absolute atomic E-state index is 0.854. The molecule has 214 valence electrons. The maximum Gasteiger partial charge on any atom is 0.137 e. The normalized spacial score (nSPS) is 11.1. The van der Waals surface area contributed by atoms with E-state index in [1.54, 1.807) is 0 Å². The van der Waals surface area contributed by atoms with Gasteiger partial charge in [0.25, 0.3) is 0 Å². The van der Waals surface area contributed by atoms with E-state index in [-0.39, 0.29) is 0 Å². The predicted octanol–water partition coefficient (Wildman–Crippen LogP) is 12.2. The zero-order valence-corrected chi connectivity index (χ0v) is 24.6. The quantitative estimate of drug-likeness (QED) is 0.188. The topological polar surface area (TPSA) is 19.6 Å². The third-order valence-electron chi connectivity index (χ3n) is 8.23. The maximum atomic E-state index is 6.49. The number of hydrogen-bond donors (Lipinski definition) is 0. The number of benzene rings is 7. The Balaban J connectivity index is 1.22. The molecule has 0 fully saturated rings. The predicted molar refractivity (Wildman–Crippen MR) is 189 cm³/mol. The maximum absolute atomic E-state index is 6.49. The average Bonchev–Trinajstić information content (AvgIpc) is 3.48. The molecule has 3 nitrogen and oxygen atoms in total. The van der Waals surface area contributed by atoms with E-state index in [4.69, 9.17) is 4.42 Å². The zero-order valence-electron chi connectivity index (χ0n) is 24.6. The minimum Gasteiger partial charge on any atom is -0.456 e. The summed E-state index contributed by atoms with van der Waals surface area (Å²) in [6.45, 7) is 0. The summed E-state index contributed by atoms with van der Waals surface area (Å²) in [7, 11) is 0. The molecule has 0 aliphatic rings. The summed E-state index contributed by atoms with van der Waals surface area (Å²) in [5.74, 6) is 0. The van der Waals surface area contributed by atoms with Crippen LogP contribution in [0.15, 0.2) is 186 Å². The Kier molecular flexibility index (Phi) is 6.82. The Morgan fingerprint density at radius 3 is 1.27 bits per heavy atom. The van der Waals surface area contributed by atoms with Crippen LogP contribution in [-0.4, -0.2) is 0 Å². The molecule has 0 unspecified atom stereocenters. The molecular weight excluding hydrogens is 548 g/mol. The zero-order chi connectivity index (χ0) is 30.0. The molecule has 0 amide bonds. The van der Waals surface area contributed by atoms with E-state index < -0.39 is 0 Å². The molecule has 1 aromatic heterocycles. The van der Waals surface area contributed by atoms with Gasteiger partial charge in [-0.3, -0.25) is 0 Å². The first kappa shape index (κ1) is 26.6. The fourth-order valence-corrected chi connectivity index (χ4v) is 6.09. The molecule has 1 heterocycles. The van der Waals surface area contributed by atoms with Crippen LogP contribution >= 0.6 is 0 Å². The monoisotopic (exact) mass is 578 g/mol. The summed E-state index contributed by atoms with van der Waals surface area (Å²) in [6, 6.07) is 63.7. The molecule has 0 saturated heterocycles. The summed E-state index contributed by atoms with van der Waals surface area (Å²) in [6.07, 6.45) is 0. The van der Waals surface area contributed by atoms with Gasteiger partial charge >= 0.3 is 0 Å². The van der Waals surface area contributed by atoms with Gasteiger partial charge in [0, 0.05) is 51.0 Å². The van der Waals surface area contributed by atoms with E-state index in [1.807, 2.05) is 24.3 Å². The van der Waals surface area contributed by atoms with Crippen LogP contribution in [0, 0.1) is 0 Å². The lowest BCUT2D eigenvalue weighted by Gasteiger charge is -2.25. The number of hydrogen-bond acceptors (Lipinski definition) is 3. The highest BCUT2D eigenvalue weighted by molar-refractivity contribution is 6.07. The fourth-order valence-electron chi connectivity index (χ4n) is 6.09. The van der Waals surface area contributed by atoms with Crippen molar-refractivity contribution in [2.75, 3.05) is 9.80 Å². The molecule has 8 rings (SSSR count). The summed E-state index contributed by atoms with van der Waals surface area (Å²) in [5, 5.41) is 2.17. The second kappa shape index (κ2) is 11.6. The molecule has 0 N–H and O–H groups in total. The number of nitrogens with zero attached hydrogens (tertiary/aromatic N) is 2. The van der Waals surface area contributed by atoms with Crippen molar-refractivity contribution in [2.24, 2.45) is 0 Å². The highest BCUT2D eigenvalue weighted by Gasteiger charge is 2.18. The second-order valence-corrected chi connectivity index (χ2v) is 11.1. The van der Waals surface area contributed by atoms with E-state index >= 15 is 0 Å². The van der Waals surface area contributed by atoms with Gasteiger partial charge in [0.1, 0.15) is 11.2 Å². The SMILES string of the molecule is c1ccc(-c2ccc(N(c3ccccc3)c3ccc4c(c3)oc3ccc(N(c5ccccc5)c5ccccc5)cc34)cc2)cc1. The van der Waals surface area contributed by atoms with E-state index in [1.165, 1.54) is 11.1 Å². The summed E-state index contributed by atoms with van der Waals surface area (Å²) < 4.78 is 6.49. The molecule has 7 aromatic carbocycles. The third-order valence-corrected chi connectivity index (χ3v) is 8.23. The van der Waals surface area contributed by atoms with E-state index in [0.717, 1.165) is 56.1 Å². The van der Waals surface area contributed by atoms with Gasteiger partial charge in [-0.2, -0.15) is 0 Å². The number of anilines is 6. The smallest absolute Gasteiger partial charge is 0.137 e. The first-order valence-corrected chi connectivity index (χ1v) is 15.2. The number of para-hydroxylation sites is 3. The standard InChI is InChI=1S/C42H30N2O/c1-5-13-31(14-6-1)32-21-23-36(24-22-32)44(35-19-11-4-12-20-35)38-25-27-39-40-29-37(26-28-41(40)45-42(39)30-38)43(33-15-7-2-8-16-33)34-17-9-3-10-18-34/h1-30H. The van der Waals surface area contributed by atoms with E-state index in [0.29, 0.717) is 0 Å². The van der Waals surface area contributed by atoms with E-state index in [9.17, 15) is 0 Å². The molecule has 45 heavy (non-hydrogen) atoms. The minimum atomic E-state index is 0.854. The third kappa shape index (κ3) is 5.11. The highest BCUT2D eigenvalue weighted by Crippen LogP contribution is 2.41. The Labute approximate surface area is 262 Å². The Morgan fingerprint density at radius 2 is 0.711 bits per heavy atom. The van der Waals surface area contributed by atoms with Crippen LogP contribution in [0.25, 0.3) is 33.1 Å². The summed E-state index contributed by atoms with van der Waals surface area (Å²) in [5.41, 5.74) is 10.6. The molecule has 0 aliphatic heterocycles. The van der Waals surface area contributed by atoms with Crippen molar-refractivity contribution in [3.05, 3.63) is 182 Å². The molecule has 0 saturated carbocycles. The molecule has 0 bridgehead atoms. The van der Waals surface area contributed by atoms with Crippen LogP contribution in [0.1, 0.15) is 0 Å². The van der Waals surface area contributed by atoms with E-state index in [2.05, 4.69) is 168 Å². The van der Waals surface area contributed by atoms with Gasteiger partial charge in [-0.15, -0.1) is 0 Å². The van der Waals surface area contributed by atoms with Gasteiger partial charge in [0.2, 0.25) is 0 Å². The van der Waals surface area contributed by atoms with Gasteiger partial charge in [-0.25, -0.2) is 0 Å². The van der Waals surface area contributed by atoms with Crippen molar-refractivity contribution in [3.8, 4) is 11.1 Å². The van der Waals surface area contributed by atoms with Crippen LogP contribution in [0.5, 0.6) is 0 Å². The Hall–Kier alpha value is -6.06. The van der Waals surface area contributed by atoms with Gasteiger partial charge in [-0.05, 0) is 90.0 Å². The number of furan rings is 1. The van der Waals surface area contributed by atoms with Crippen LogP contribution in [0.4, 0.5) is 34.1 Å². The van der Waals surface area contributed by atoms with Crippen molar-refractivity contribution in [1.29, 1.82) is 0 Å². The van der Waals surface area contributed by atoms with Gasteiger partial charge in [-0.1, -0.05) is 97.1 Å². The molecule has 3 heteroatoms. The number of rotatable bonds is 7. The van der Waals surface area contributed by atoms with Gasteiger partial charge in [0.15, 0.2) is 0 Å². The van der Waals surface area contributed by atoms with Crippen molar-refractivity contribution < 1.29 is 4.42 Å². The molecular formula is C42H30N2O. The average molecular weight is 579 g/mol. The fraction of sp³-hybridized carbons (Fsp3) is 0. The molecule has 0 radical (unpaired) electrons. The first-order chi connectivity index (χ1) is 22.3. The molecule has 8 aromatic rings. The first-order valence-electron chi connectivity index (χ1n) is 15.2. The van der Waals surface area contributed by atoms with Crippen LogP contribution in [0.2, 0.25) is 0 Å². The van der Waals surface area contributed by atoms with Gasteiger partial charge < -0.3 is 14.2 Å². The molecule has 0 spiro atoms. The van der Waals surface area contributed by atoms with Crippen molar-refractivity contribution in [3.63, 3.8) is 0 Å². The lowest BCUT2D eigenvalue weighted by atomic mass is 10.0. The van der Waals surface area contributed by atoms with Crippen molar-refractivity contribution >= 4 is 56.1 Å².